The van der Waals surface area contributed by atoms with E-state index in [4.69, 9.17) is 23.7 Å². The number of nitriles is 1. The van der Waals surface area contributed by atoms with Gasteiger partial charge in [-0.1, -0.05) is 12.1 Å². The van der Waals surface area contributed by atoms with Crippen molar-refractivity contribution in [2.45, 2.75) is 77.7 Å². The monoisotopic (exact) mass is 643 g/mol. The molecule has 0 bridgehead atoms. The van der Waals surface area contributed by atoms with Gasteiger partial charge in [0.05, 0.1) is 44.1 Å². The van der Waals surface area contributed by atoms with E-state index in [1.165, 1.54) is 7.11 Å². The number of rotatable bonds is 9. The molecule has 1 aliphatic carbocycles. The summed E-state index contributed by atoms with van der Waals surface area (Å²) in [6.45, 7) is 11.1. The van der Waals surface area contributed by atoms with Crippen LogP contribution in [0.25, 0.3) is 10.9 Å². The molecule has 1 saturated carbocycles. The van der Waals surface area contributed by atoms with Crippen LogP contribution < -0.4 is 4.74 Å². The van der Waals surface area contributed by atoms with Crippen LogP contribution in [0.3, 0.4) is 0 Å². The lowest BCUT2D eigenvalue weighted by atomic mass is 9.56. The summed E-state index contributed by atoms with van der Waals surface area (Å²) in [6, 6.07) is 14.2. The number of hydrogen-bond acceptors (Lipinski definition) is 9. The molecule has 0 amide bonds. The molecular formula is C37H45N3O7. The van der Waals surface area contributed by atoms with E-state index in [1.807, 2.05) is 64.1 Å². The van der Waals surface area contributed by atoms with E-state index in [1.54, 1.807) is 10.8 Å². The van der Waals surface area contributed by atoms with Crippen LogP contribution in [0, 0.1) is 29.6 Å². The second-order valence-electron chi connectivity index (χ2n) is 14.3. The minimum Gasteiger partial charge on any atom is -0.491 e. The number of methoxy groups -OCH3 is 1. The number of aromatic nitrogens is 1. The van der Waals surface area contributed by atoms with E-state index in [9.17, 15) is 14.9 Å². The van der Waals surface area contributed by atoms with E-state index >= 15 is 0 Å². The van der Waals surface area contributed by atoms with Gasteiger partial charge in [0.2, 0.25) is 0 Å². The molecular weight excluding hydrogens is 598 g/mol. The van der Waals surface area contributed by atoms with Crippen molar-refractivity contribution in [1.82, 2.24) is 9.47 Å². The summed E-state index contributed by atoms with van der Waals surface area (Å²) in [4.78, 5) is 28.0. The van der Waals surface area contributed by atoms with Crippen LogP contribution in [-0.4, -0.2) is 73.3 Å². The standard InChI is InChI=1S/C37H45N3O7/c1-24-16-32(46-15-14-45-28-22-44-23-28)30(29-10-12-40(33(24)29)35(42)47-36(2,3)4)21-39-13-11-37(17-25(18-37)20-38)19-31(39)26-6-8-27(9-7-26)34(41)43-5/h6-10,12,16,25,28,31H,11,13-15,17-19,21-23H2,1-5H3/t25?,31-,37?/m0/s1. The number of likely N-dealkylation sites (tertiary alicyclic amines) is 1. The number of benzene rings is 2. The fourth-order valence-electron chi connectivity index (χ4n) is 7.30. The molecule has 250 valence electrons. The van der Waals surface area contributed by atoms with E-state index < -0.39 is 11.7 Å². The molecule has 0 N–H and O–H groups in total. The summed E-state index contributed by atoms with van der Waals surface area (Å²) in [7, 11) is 1.39. The molecule has 3 aliphatic rings. The Labute approximate surface area is 276 Å². The SMILES string of the molecule is COC(=O)c1ccc([C@@H]2CC3(CCN2Cc2c(OCCOC4COC4)cc(C)c4c2ccn4C(=O)OC(C)(C)C)CC(C#N)C3)cc1. The molecule has 0 unspecified atom stereocenters. The first-order chi connectivity index (χ1) is 22.5. The number of aryl methyl sites for hydroxylation is 1. The molecule has 1 aromatic heterocycles. The highest BCUT2D eigenvalue weighted by atomic mass is 16.6. The van der Waals surface area contributed by atoms with Gasteiger partial charge in [-0.15, -0.1) is 0 Å². The Bertz CT molecular complexity index is 1660. The Morgan fingerprint density at radius 3 is 2.47 bits per heavy atom. The smallest absolute Gasteiger partial charge is 0.419 e. The first-order valence-electron chi connectivity index (χ1n) is 16.5. The Kier molecular flexibility index (Phi) is 9.34. The van der Waals surface area contributed by atoms with Crippen LogP contribution in [0.1, 0.15) is 79.5 Å². The van der Waals surface area contributed by atoms with E-state index in [0.29, 0.717) is 38.5 Å². The number of esters is 1. The van der Waals surface area contributed by atoms with Crippen molar-refractivity contribution < 1.29 is 33.3 Å². The summed E-state index contributed by atoms with van der Waals surface area (Å²) < 4.78 is 29.8. The molecule has 2 saturated heterocycles. The van der Waals surface area contributed by atoms with Crippen LogP contribution in [0.4, 0.5) is 4.79 Å². The molecule has 3 fully saturated rings. The number of carbonyl (C=O) groups excluding carboxylic acids is 2. The third-order valence-corrected chi connectivity index (χ3v) is 9.74. The maximum atomic E-state index is 13.3. The third-order valence-electron chi connectivity index (χ3n) is 9.74. The highest BCUT2D eigenvalue weighted by Gasteiger charge is 2.49. The van der Waals surface area contributed by atoms with Crippen LogP contribution >= 0.6 is 0 Å². The van der Waals surface area contributed by atoms with Gasteiger partial charge in [0.15, 0.2) is 0 Å². The summed E-state index contributed by atoms with van der Waals surface area (Å²) in [5.41, 5.74) is 3.83. The molecule has 1 atom stereocenters. The molecule has 1 spiro atoms. The largest absolute Gasteiger partial charge is 0.491 e. The first-order valence-corrected chi connectivity index (χ1v) is 16.5. The van der Waals surface area contributed by atoms with Gasteiger partial charge >= 0.3 is 12.1 Å². The van der Waals surface area contributed by atoms with Gasteiger partial charge in [0.25, 0.3) is 0 Å². The van der Waals surface area contributed by atoms with Gasteiger partial charge < -0.3 is 23.7 Å². The van der Waals surface area contributed by atoms with Crippen LogP contribution in [0.15, 0.2) is 42.6 Å². The van der Waals surface area contributed by atoms with Gasteiger partial charge in [0.1, 0.15) is 24.1 Å². The Balaban J connectivity index is 1.34. The molecule has 10 nitrogen and oxygen atoms in total. The fourth-order valence-corrected chi connectivity index (χ4v) is 7.30. The number of hydrogen-bond donors (Lipinski definition) is 0. The molecule has 3 heterocycles. The minimum absolute atomic E-state index is 0.0641. The number of piperidine rings is 1. The second-order valence-corrected chi connectivity index (χ2v) is 14.3. The molecule has 6 rings (SSSR count). The lowest BCUT2D eigenvalue weighted by Gasteiger charge is -2.53. The van der Waals surface area contributed by atoms with E-state index in [2.05, 4.69) is 11.0 Å². The number of fused-ring (bicyclic) bond motifs is 1. The second kappa shape index (κ2) is 13.3. The van der Waals surface area contributed by atoms with Crippen molar-refractivity contribution in [3.05, 3.63) is 64.8 Å². The van der Waals surface area contributed by atoms with Crippen LogP contribution in [0.5, 0.6) is 5.75 Å². The number of carbonyl (C=O) groups is 2. The zero-order chi connectivity index (χ0) is 33.3. The van der Waals surface area contributed by atoms with Crippen LogP contribution in [-0.2, 0) is 25.5 Å². The summed E-state index contributed by atoms with van der Waals surface area (Å²) in [6.07, 6.45) is 5.23. The topological polar surface area (TPSA) is 112 Å². The van der Waals surface area contributed by atoms with Crippen molar-refractivity contribution in [3.63, 3.8) is 0 Å². The molecule has 2 aliphatic heterocycles. The van der Waals surface area contributed by atoms with Crippen molar-refractivity contribution in [2.75, 3.05) is 40.1 Å². The van der Waals surface area contributed by atoms with Crippen LogP contribution in [0.2, 0.25) is 0 Å². The van der Waals surface area contributed by atoms with Crippen molar-refractivity contribution in [3.8, 4) is 11.8 Å². The van der Waals surface area contributed by atoms with Gasteiger partial charge in [0, 0.05) is 35.7 Å². The molecule has 2 aromatic carbocycles. The zero-order valence-electron chi connectivity index (χ0n) is 28.0. The maximum Gasteiger partial charge on any atom is 0.419 e. The van der Waals surface area contributed by atoms with Crippen molar-refractivity contribution in [1.29, 1.82) is 5.26 Å². The maximum absolute atomic E-state index is 13.3. The molecule has 47 heavy (non-hydrogen) atoms. The number of ether oxygens (including phenoxy) is 5. The normalized spacial score (nSPS) is 23.1. The van der Waals surface area contributed by atoms with Crippen molar-refractivity contribution >= 4 is 23.0 Å². The highest BCUT2D eigenvalue weighted by Crippen LogP contribution is 2.57. The van der Waals surface area contributed by atoms with Crippen molar-refractivity contribution in [2.24, 2.45) is 11.3 Å². The molecule has 3 aromatic rings. The first kappa shape index (κ1) is 33.0. The van der Waals surface area contributed by atoms with E-state index in [0.717, 1.165) is 65.6 Å². The molecule has 0 radical (unpaired) electrons. The Morgan fingerprint density at radius 2 is 1.83 bits per heavy atom. The highest BCUT2D eigenvalue weighted by molar-refractivity contribution is 5.95. The predicted molar refractivity (Wildman–Crippen MR) is 175 cm³/mol. The minimum atomic E-state index is -0.634. The Morgan fingerprint density at radius 1 is 1.09 bits per heavy atom. The Hall–Kier alpha value is -3.91. The number of nitrogens with zero attached hydrogens (tertiary/aromatic N) is 3. The van der Waals surface area contributed by atoms with E-state index in [-0.39, 0.29) is 29.4 Å². The zero-order valence-corrected chi connectivity index (χ0v) is 28.0. The van der Waals surface area contributed by atoms with Gasteiger partial charge in [-0.25, -0.2) is 9.59 Å². The summed E-state index contributed by atoms with van der Waals surface area (Å²) >= 11 is 0. The molecule has 10 heteroatoms. The summed E-state index contributed by atoms with van der Waals surface area (Å²) in [5.74, 6) is 0.511. The van der Waals surface area contributed by atoms with Gasteiger partial charge in [-0.05, 0) is 101 Å². The summed E-state index contributed by atoms with van der Waals surface area (Å²) in [5, 5.41) is 10.5. The average Bonchev–Trinajstić information content (AvgIpc) is 3.46. The average molecular weight is 644 g/mol. The predicted octanol–water partition coefficient (Wildman–Crippen LogP) is 6.57. The lowest BCUT2D eigenvalue weighted by Crippen LogP contribution is -2.48. The quantitative estimate of drug-likeness (QED) is 0.189. The van der Waals surface area contributed by atoms with Gasteiger partial charge in [-0.2, -0.15) is 5.26 Å². The lowest BCUT2D eigenvalue weighted by molar-refractivity contribution is -0.132. The fraction of sp³-hybridized carbons (Fsp3) is 0.541. The van der Waals surface area contributed by atoms with Gasteiger partial charge in [-0.3, -0.25) is 9.47 Å². The third kappa shape index (κ3) is 7.03.